The lowest BCUT2D eigenvalue weighted by Gasteiger charge is -2.28. The average Bonchev–Trinajstić information content (AvgIpc) is 3.46. The van der Waals surface area contributed by atoms with Gasteiger partial charge in [-0.1, -0.05) is 54.6 Å². The lowest BCUT2D eigenvalue weighted by Crippen LogP contribution is -2.36. The molecule has 1 aliphatic heterocycles. The van der Waals surface area contributed by atoms with E-state index >= 15 is 0 Å². The van der Waals surface area contributed by atoms with Gasteiger partial charge in [-0.15, -0.1) is 0 Å². The number of alkyl halides is 3. The Balaban J connectivity index is 1.31. The number of amides is 1. The Hall–Kier alpha value is -3.21. The van der Waals surface area contributed by atoms with E-state index in [1.165, 1.54) is 24.0 Å². The van der Waals surface area contributed by atoms with Gasteiger partial charge in [-0.2, -0.15) is 13.2 Å². The maximum Gasteiger partial charge on any atom is 0.416 e. The number of rotatable bonds is 9. The van der Waals surface area contributed by atoms with Gasteiger partial charge in [0, 0.05) is 13.0 Å². The lowest BCUT2D eigenvalue weighted by atomic mass is 9.86. The molecule has 218 valence electrons. The molecule has 10 heteroatoms. The zero-order chi connectivity index (χ0) is 29.0. The number of carbonyl (C=O) groups excluding carboxylic acids is 1. The molecule has 41 heavy (non-hydrogen) atoms. The van der Waals surface area contributed by atoms with Gasteiger partial charge in [0.2, 0.25) is 15.9 Å². The number of carbonyl (C=O) groups is 1. The quantitative estimate of drug-likeness (QED) is 0.328. The number of hydrogen-bond donors (Lipinski definition) is 2. The highest BCUT2D eigenvalue weighted by Gasteiger charge is 2.33. The monoisotopic (exact) mass is 585 g/mol. The topological polar surface area (TPSA) is 78.5 Å². The molecule has 0 bridgehead atoms. The summed E-state index contributed by atoms with van der Waals surface area (Å²) in [4.78, 5) is 15.2. The van der Waals surface area contributed by atoms with Gasteiger partial charge >= 0.3 is 6.18 Å². The molecular formula is C31H34F3N3O3S. The van der Waals surface area contributed by atoms with Crippen molar-refractivity contribution in [2.75, 3.05) is 13.1 Å². The number of aryl methyl sites for hydroxylation is 1. The van der Waals surface area contributed by atoms with Crippen LogP contribution in [-0.4, -0.2) is 32.3 Å². The second-order valence-electron chi connectivity index (χ2n) is 10.8. The van der Waals surface area contributed by atoms with Crippen molar-refractivity contribution in [2.45, 2.75) is 68.2 Å². The SMILES string of the molecule is O=C(CC(NS(=O)(=O)c1cccc(C(F)(F)F)c1)c1ccccc1)NC1CCCc2cc(CN3CCCC3)ccc21. The molecule has 0 radical (unpaired) electrons. The molecule has 1 heterocycles. The number of halogens is 3. The predicted molar refractivity (Wildman–Crippen MR) is 150 cm³/mol. The van der Waals surface area contributed by atoms with Crippen LogP contribution in [0.15, 0.2) is 77.7 Å². The molecule has 2 aliphatic rings. The molecule has 0 saturated carbocycles. The van der Waals surface area contributed by atoms with Gasteiger partial charge in [-0.05, 0) is 85.6 Å². The number of benzene rings is 3. The maximum absolute atomic E-state index is 13.3. The number of hydrogen-bond acceptors (Lipinski definition) is 4. The number of nitrogens with zero attached hydrogens (tertiary/aromatic N) is 1. The summed E-state index contributed by atoms with van der Waals surface area (Å²) in [5.74, 6) is -0.343. The third-order valence-electron chi connectivity index (χ3n) is 7.82. The summed E-state index contributed by atoms with van der Waals surface area (Å²) in [6, 6.07) is 17.4. The molecule has 2 atom stereocenters. The van der Waals surface area contributed by atoms with Crippen LogP contribution >= 0.6 is 0 Å². The Morgan fingerprint density at radius 1 is 0.951 bits per heavy atom. The van der Waals surface area contributed by atoms with Crippen LogP contribution in [0.3, 0.4) is 0 Å². The largest absolute Gasteiger partial charge is 0.416 e. The van der Waals surface area contributed by atoms with Crippen molar-refractivity contribution < 1.29 is 26.4 Å². The number of likely N-dealkylation sites (tertiary alicyclic amines) is 1. The third kappa shape index (κ3) is 7.36. The Labute approximate surface area is 239 Å². The Bertz CT molecular complexity index is 1470. The van der Waals surface area contributed by atoms with Gasteiger partial charge in [0.15, 0.2) is 0 Å². The normalized spacial score (nSPS) is 18.6. The fourth-order valence-electron chi connectivity index (χ4n) is 5.76. The first kappa shape index (κ1) is 29.3. The highest BCUT2D eigenvalue weighted by molar-refractivity contribution is 7.89. The fraction of sp³-hybridized carbons (Fsp3) is 0.387. The van der Waals surface area contributed by atoms with Crippen LogP contribution in [0.2, 0.25) is 0 Å². The van der Waals surface area contributed by atoms with Crippen LogP contribution in [0.5, 0.6) is 0 Å². The van der Waals surface area contributed by atoms with Crippen molar-refractivity contribution in [3.63, 3.8) is 0 Å². The van der Waals surface area contributed by atoms with E-state index in [9.17, 15) is 26.4 Å². The molecule has 1 aliphatic carbocycles. The van der Waals surface area contributed by atoms with Crippen LogP contribution in [0.1, 0.15) is 72.0 Å². The first-order valence-corrected chi connectivity index (χ1v) is 15.4. The van der Waals surface area contributed by atoms with E-state index in [1.807, 2.05) is 0 Å². The lowest BCUT2D eigenvalue weighted by molar-refractivity contribution is -0.137. The summed E-state index contributed by atoms with van der Waals surface area (Å²) in [5, 5.41) is 3.09. The van der Waals surface area contributed by atoms with Gasteiger partial charge in [-0.25, -0.2) is 13.1 Å². The summed E-state index contributed by atoms with van der Waals surface area (Å²) < 4.78 is 68.5. The minimum atomic E-state index is -4.69. The van der Waals surface area contributed by atoms with Crippen LogP contribution in [0.4, 0.5) is 13.2 Å². The highest BCUT2D eigenvalue weighted by atomic mass is 32.2. The van der Waals surface area contributed by atoms with Crippen molar-refractivity contribution in [1.82, 2.24) is 14.9 Å². The van der Waals surface area contributed by atoms with Gasteiger partial charge in [0.1, 0.15) is 0 Å². The van der Waals surface area contributed by atoms with Gasteiger partial charge in [0.05, 0.1) is 22.5 Å². The second kappa shape index (κ2) is 12.3. The van der Waals surface area contributed by atoms with E-state index in [1.54, 1.807) is 30.3 Å². The molecule has 3 aromatic rings. The van der Waals surface area contributed by atoms with E-state index in [-0.39, 0.29) is 18.4 Å². The number of fused-ring (bicyclic) bond motifs is 1. The minimum Gasteiger partial charge on any atom is -0.349 e. The van der Waals surface area contributed by atoms with Crippen molar-refractivity contribution >= 4 is 15.9 Å². The molecular weight excluding hydrogens is 551 g/mol. The molecule has 0 spiro atoms. The molecule has 1 fully saturated rings. The van der Waals surface area contributed by atoms with E-state index in [4.69, 9.17) is 0 Å². The molecule has 2 unspecified atom stereocenters. The van der Waals surface area contributed by atoms with Gasteiger partial charge in [-0.3, -0.25) is 9.69 Å². The first-order chi connectivity index (χ1) is 19.6. The summed E-state index contributed by atoms with van der Waals surface area (Å²) in [6.45, 7) is 3.17. The smallest absolute Gasteiger partial charge is 0.349 e. The summed E-state index contributed by atoms with van der Waals surface area (Å²) in [6.07, 6.45) is 0.222. The molecule has 5 rings (SSSR count). The molecule has 1 amide bonds. The van der Waals surface area contributed by atoms with E-state index in [2.05, 4.69) is 33.1 Å². The summed E-state index contributed by atoms with van der Waals surface area (Å²) in [7, 11) is -4.37. The Morgan fingerprint density at radius 3 is 2.44 bits per heavy atom. The van der Waals surface area contributed by atoms with Crippen LogP contribution in [0.25, 0.3) is 0 Å². The molecule has 3 aromatic carbocycles. The molecule has 1 saturated heterocycles. The molecule has 6 nitrogen and oxygen atoms in total. The van der Waals surface area contributed by atoms with Crippen LogP contribution in [0, 0.1) is 0 Å². The van der Waals surface area contributed by atoms with Crippen LogP contribution < -0.4 is 10.0 Å². The van der Waals surface area contributed by atoms with E-state index < -0.39 is 32.7 Å². The zero-order valence-electron chi connectivity index (χ0n) is 22.7. The van der Waals surface area contributed by atoms with Gasteiger partial charge < -0.3 is 5.32 Å². The minimum absolute atomic E-state index is 0.191. The number of sulfonamides is 1. The fourth-order valence-corrected chi connectivity index (χ4v) is 7.03. The molecule has 0 aromatic heterocycles. The summed E-state index contributed by atoms with van der Waals surface area (Å²) >= 11 is 0. The highest BCUT2D eigenvalue weighted by Crippen LogP contribution is 2.33. The summed E-state index contributed by atoms with van der Waals surface area (Å²) in [5.41, 5.74) is 3.05. The zero-order valence-corrected chi connectivity index (χ0v) is 23.5. The maximum atomic E-state index is 13.3. The van der Waals surface area contributed by atoms with E-state index in [0.29, 0.717) is 11.6 Å². The van der Waals surface area contributed by atoms with E-state index in [0.717, 1.165) is 62.7 Å². The standard InChI is InChI=1S/C31H34F3N3O3S/c32-31(33,34)25-11-7-12-26(19-25)41(39,40)36-29(23-8-2-1-3-9-23)20-30(38)35-28-13-6-10-24-18-22(14-15-27(24)28)21-37-16-4-5-17-37/h1-3,7-9,11-12,14-15,18-19,28-29,36H,4-6,10,13,16-17,20-21H2,(H,35,38). The van der Waals surface area contributed by atoms with Crippen molar-refractivity contribution in [3.8, 4) is 0 Å². The number of nitrogens with one attached hydrogen (secondary N) is 2. The predicted octanol–water partition coefficient (Wildman–Crippen LogP) is 5.90. The van der Waals surface area contributed by atoms with Crippen LogP contribution in [-0.2, 0) is 34.0 Å². The van der Waals surface area contributed by atoms with Crippen molar-refractivity contribution in [1.29, 1.82) is 0 Å². The van der Waals surface area contributed by atoms with Gasteiger partial charge in [0.25, 0.3) is 0 Å². The Morgan fingerprint density at radius 2 is 1.71 bits per heavy atom. The molecule has 2 N–H and O–H groups in total. The average molecular weight is 586 g/mol. The Kier molecular flexibility index (Phi) is 8.82. The second-order valence-corrected chi connectivity index (χ2v) is 12.6. The first-order valence-electron chi connectivity index (χ1n) is 14.0. The third-order valence-corrected chi connectivity index (χ3v) is 9.29. The van der Waals surface area contributed by atoms with Crippen molar-refractivity contribution in [2.24, 2.45) is 0 Å². The van der Waals surface area contributed by atoms with Crippen molar-refractivity contribution in [3.05, 3.63) is 101 Å².